The van der Waals surface area contributed by atoms with E-state index >= 15 is 0 Å². The smallest absolute Gasteiger partial charge is 0.248 e. The summed E-state index contributed by atoms with van der Waals surface area (Å²) in [6, 6.07) is 14.6. The largest absolute Gasteiger partial charge is 0.465 e. The Balaban J connectivity index is 1.71. The molecule has 0 saturated carbocycles. The number of anilines is 1. The Bertz CT molecular complexity index is 1240. The average Bonchev–Trinajstić information content (AvgIpc) is 3.36. The maximum atomic E-state index is 13.9. The SMILES string of the molecule is Cc1ccc(C(=O)c2oc3ccccc3c2NC(=O)/C=C/c2ccco2)cc1F. The van der Waals surface area contributed by atoms with Crippen molar-refractivity contribution in [1.29, 1.82) is 0 Å². The van der Waals surface area contributed by atoms with E-state index in [2.05, 4.69) is 5.32 Å². The fourth-order valence-corrected chi connectivity index (χ4v) is 2.90. The zero-order valence-electron chi connectivity index (χ0n) is 15.4. The van der Waals surface area contributed by atoms with Gasteiger partial charge in [-0.25, -0.2) is 4.39 Å². The summed E-state index contributed by atoms with van der Waals surface area (Å²) in [5.41, 5.74) is 1.24. The quantitative estimate of drug-likeness (QED) is 0.369. The summed E-state index contributed by atoms with van der Waals surface area (Å²) < 4.78 is 24.8. The standard InChI is InChI=1S/C23H16FNO4/c1-14-8-9-15(13-18(14)24)22(27)23-21(17-6-2-3-7-19(17)29-23)25-20(26)11-10-16-5-4-12-28-16/h2-13H,1H3,(H,25,26)/b11-10+. The molecule has 4 rings (SSSR count). The summed E-state index contributed by atoms with van der Waals surface area (Å²) in [7, 11) is 0. The van der Waals surface area contributed by atoms with Crippen molar-refractivity contribution >= 4 is 34.4 Å². The second-order valence-electron chi connectivity index (χ2n) is 6.43. The highest BCUT2D eigenvalue weighted by atomic mass is 19.1. The number of hydrogen-bond donors (Lipinski definition) is 1. The van der Waals surface area contributed by atoms with Crippen LogP contribution in [0.3, 0.4) is 0 Å². The number of halogens is 1. The van der Waals surface area contributed by atoms with Gasteiger partial charge in [-0.05, 0) is 48.9 Å². The van der Waals surface area contributed by atoms with Crippen LogP contribution in [0, 0.1) is 12.7 Å². The van der Waals surface area contributed by atoms with Crippen molar-refractivity contribution in [2.24, 2.45) is 0 Å². The van der Waals surface area contributed by atoms with Gasteiger partial charge in [0.15, 0.2) is 5.76 Å². The minimum absolute atomic E-state index is 0.0609. The Morgan fingerprint density at radius 1 is 1.07 bits per heavy atom. The molecule has 2 aromatic carbocycles. The molecule has 2 heterocycles. The van der Waals surface area contributed by atoms with Gasteiger partial charge in [0.1, 0.15) is 17.2 Å². The van der Waals surface area contributed by atoms with Crippen molar-refractivity contribution in [3.8, 4) is 0 Å². The van der Waals surface area contributed by atoms with Gasteiger partial charge in [0, 0.05) is 17.0 Å². The number of nitrogens with one attached hydrogen (secondary N) is 1. The molecule has 0 aliphatic carbocycles. The molecule has 144 valence electrons. The minimum atomic E-state index is -0.523. The van der Waals surface area contributed by atoms with Crippen LogP contribution in [0.5, 0.6) is 0 Å². The lowest BCUT2D eigenvalue weighted by atomic mass is 10.0. The summed E-state index contributed by atoms with van der Waals surface area (Å²) in [5, 5.41) is 3.27. The minimum Gasteiger partial charge on any atom is -0.465 e. The van der Waals surface area contributed by atoms with E-state index in [1.165, 1.54) is 30.5 Å². The van der Waals surface area contributed by atoms with E-state index < -0.39 is 17.5 Å². The van der Waals surface area contributed by atoms with Crippen LogP contribution in [0.25, 0.3) is 17.0 Å². The first kappa shape index (κ1) is 18.4. The number of carbonyl (C=O) groups is 2. The first-order chi connectivity index (χ1) is 14.0. The van der Waals surface area contributed by atoms with E-state index in [1.807, 2.05) is 0 Å². The molecule has 29 heavy (non-hydrogen) atoms. The second-order valence-corrected chi connectivity index (χ2v) is 6.43. The number of benzene rings is 2. The first-order valence-electron chi connectivity index (χ1n) is 8.88. The van der Waals surface area contributed by atoms with Gasteiger partial charge in [0.05, 0.1) is 12.0 Å². The number of carbonyl (C=O) groups excluding carboxylic acids is 2. The Morgan fingerprint density at radius 2 is 1.90 bits per heavy atom. The zero-order chi connectivity index (χ0) is 20.4. The van der Waals surface area contributed by atoms with E-state index in [-0.39, 0.29) is 17.0 Å². The molecule has 0 radical (unpaired) electrons. The van der Waals surface area contributed by atoms with E-state index in [1.54, 1.807) is 43.3 Å². The Morgan fingerprint density at radius 3 is 2.66 bits per heavy atom. The molecule has 0 atom stereocenters. The summed E-state index contributed by atoms with van der Waals surface area (Å²) in [6.07, 6.45) is 4.30. The maximum absolute atomic E-state index is 13.9. The fraction of sp³-hybridized carbons (Fsp3) is 0.0435. The maximum Gasteiger partial charge on any atom is 0.248 e. The van der Waals surface area contributed by atoms with Crippen LogP contribution in [-0.4, -0.2) is 11.7 Å². The number of amides is 1. The lowest BCUT2D eigenvalue weighted by Crippen LogP contribution is -2.11. The van der Waals surface area contributed by atoms with Gasteiger partial charge in [-0.15, -0.1) is 0 Å². The lowest BCUT2D eigenvalue weighted by molar-refractivity contribution is -0.111. The molecule has 0 spiro atoms. The number of hydrogen-bond acceptors (Lipinski definition) is 4. The number of rotatable bonds is 5. The van der Waals surface area contributed by atoms with Crippen molar-refractivity contribution in [3.63, 3.8) is 0 Å². The van der Waals surface area contributed by atoms with Crippen LogP contribution in [0.1, 0.15) is 27.4 Å². The highest BCUT2D eigenvalue weighted by Crippen LogP contribution is 2.32. The first-order valence-corrected chi connectivity index (χ1v) is 8.88. The highest BCUT2D eigenvalue weighted by Gasteiger charge is 2.23. The Hall–Kier alpha value is -3.93. The van der Waals surface area contributed by atoms with Gasteiger partial charge in [-0.2, -0.15) is 0 Å². The summed E-state index contributed by atoms with van der Waals surface area (Å²) >= 11 is 0. The normalized spacial score (nSPS) is 11.2. The summed E-state index contributed by atoms with van der Waals surface area (Å²) in [4.78, 5) is 25.4. The van der Waals surface area contributed by atoms with E-state index in [4.69, 9.17) is 8.83 Å². The van der Waals surface area contributed by atoms with Crippen LogP contribution in [0.4, 0.5) is 10.1 Å². The third kappa shape index (κ3) is 3.73. The number of para-hydroxylation sites is 1. The third-order valence-electron chi connectivity index (χ3n) is 4.43. The number of furan rings is 2. The molecule has 0 saturated heterocycles. The van der Waals surface area contributed by atoms with Gasteiger partial charge < -0.3 is 14.2 Å². The van der Waals surface area contributed by atoms with Crippen LogP contribution in [0.15, 0.2) is 75.8 Å². The van der Waals surface area contributed by atoms with Gasteiger partial charge in [0.25, 0.3) is 0 Å². The molecule has 1 amide bonds. The predicted octanol–water partition coefficient (Wildman–Crippen LogP) is 5.36. The summed E-state index contributed by atoms with van der Waals surface area (Å²) in [6.45, 7) is 1.61. The van der Waals surface area contributed by atoms with E-state index in [0.717, 1.165) is 6.07 Å². The van der Waals surface area contributed by atoms with Crippen LogP contribution in [0.2, 0.25) is 0 Å². The molecular weight excluding hydrogens is 373 g/mol. The van der Waals surface area contributed by atoms with Gasteiger partial charge >= 0.3 is 0 Å². The molecule has 5 nitrogen and oxygen atoms in total. The molecule has 0 bridgehead atoms. The zero-order valence-corrected chi connectivity index (χ0v) is 15.4. The third-order valence-corrected chi connectivity index (χ3v) is 4.43. The lowest BCUT2D eigenvalue weighted by Gasteiger charge is -2.05. The van der Waals surface area contributed by atoms with Crippen LogP contribution >= 0.6 is 0 Å². The second kappa shape index (κ2) is 7.59. The molecule has 2 aromatic heterocycles. The van der Waals surface area contributed by atoms with Crippen LogP contribution in [-0.2, 0) is 4.79 Å². The summed E-state index contributed by atoms with van der Waals surface area (Å²) in [5.74, 6) is -1.01. The topological polar surface area (TPSA) is 72.5 Å². The molecular formula is C23H16FNO4. The fourth-order valence-electron chi connectivity index (χ4n) is 2.90. The van der Waals surface area contributed by atoms with Gasteiger partial charge in [0.2, 0.25) is 11.7 Å². The van der Waals surface area contributed by atoms with Gasteiger partial charge in [-0.1, -0.05) is 24.3 Å². The monoisotopic (exact) mass is 389 g/mol. The van der Waals surface area contributed by atoms with Crippen molar-refractivity contribution in [1.82, 2.24) is 0 Å². The molecule has 0 unspecified atom stereocenters. The molecule has 1 N–H and O–H groups in total. The predicted molar refractivity (Wildman–Crippen MR) is 107 cm³/mol. The van der Waals surface area contributed by atoms with Crippen molar-refractivity contribution < 1.29 is 22.8 Å². The molecule has 0 aliphatic heterocycles. The highest BCUT2D eigenvalue weighted by molar-refractivity contribution is 6.18. The van der Waals surface area contributed by atoms with Gasteiger partial charge in [-0.3, -0.25) is 9.59 Å². The van der Waals surface area contributed by atoms with Crippen molar-refractivity contribution in [3.05, 3.63) is 95.4 Å². The van der Waals surface area contributed by atoms with E-state index in [0.29, 0.717) is 22.3 Å². The number of ketones is 1. The van der Waals surface area contributed by atoms with Crippen molar-refractivity contribution in [2.45, 2.75) is 6.92 Å². The number of aryl methyl sites for hydroxylation is 1. The molecule has 0 aliphatic rings. The Labute approximate surface area is 165 Å². The number of fused-ring (bicyclic) bond motifs is 1. The van der Waals surface area contributed by atoms with E-state index in [9.17, 15) is 14.0 Å². The molecule has 4 aromatic rings. The average molecular weight is 389 g/mol. The van der Waals surface area contributed by atoms with Crippen molar-refractivity contribution in [2.75, 3.05) is 5.32 Å². The molecule has 6 heteroatoms. The molecule has 0 fully saturated rings. The van der Waals surface area contributed by atoms with Crippen LogP contribution < -0.4 is 5.32 Å². The Kier molecular flexibility index (Phi) is 4.83.